The van der Waals surface area contributed by atoms with Gasteiger partial charge in [0.15, 0.2) is 0 Å². The number of aliphatic hydroxyl groups excluding tert-OH is 1. The van der Waals surface area contributed by atoms with Gasteiger partial charge in [0.2, 0.25) is 5.95 Å². The molecule has 2 aromatic rings. The molecule has 0 bridgehead atoms. The molecule has 1 atom stereocenters. The van der Waals surface area contributed by atoms with Gasteiger partial charge >= 0.3 is 0 Å². The highest BCUT2D eigenvalue weighted by Gasteiger charge is 2.21. The summed E-state index contributed by atoms with van der Waals surface area (Å²) in [5, 5.41) is 17.5. The van der Waals surface area contributed by atoms with Gasteiger partial charge in [-0.15, -0.1) is 10.2 Å². The Bertz CT molecular complexity index is 558. The summed E-state index contributed by atoms with van der Waals surface area (Å²) in [6.45, 7) is 2.15. The molecular weight excluding hydrogens is 240 g/mol. The maximum atomic E-state index is 9.05. The van der Waals surface area contributed by atoms with Gasteiger partial charge in [-0.2, -0.15) is 0 Å². The molecule has 5 nitrogen and oxygen atoms in total. The molecule has 0 radical (unpaired) electrons. The summed E-state index contributed by atoms with van der Waals surface area (Å²) in [4.78, 5) is 6.77. The fourth-order valence-corrected chi connectivity index (χ4v) is 2.67. The Hall–Kier alpha value is -1.75. The highest BCUT2D eigenvalue weighted by molar-refractivity contribution is 5.74. The SMILES string of the molecule is OCCC1CCCN(c2nnc3ccccc3n2)C1. The van der Waals surface area contributed by atoms with E-state index in [1.807, 2.05) is 24.3 Å². The maximum absolute atomic E-state index is 9.05. The van der Waals surface area contributed by atoms with Crippen molar-refractivity contribution in [3.63, 3.8) is 0 Å². The lowest BCUT2D eigenvalue weighted by atomic mass is 9.95. The number of benzene rings is 1. The average molecular weight is 258 g/mol. The van der Waals surface area contributed by atoms with E-state index in [0.29, 0.717) is 11.9 Å². The van der Waals surface area contributed by atoms with E-state index in [4.69, 9.17) is 5.11 Å². The van der Waals surface area contributed by atoms with E-state index in [2.05, 4.69) is 20.1 Å². The zero-order valence-corrected chi connectivity index (χ0v) is 10.9. The van der Waals surface area contributed by atoms with Crippen LogP contribution in [0.5, 0.6) is 0 Å². The van der Waals surface area contributed by atoms with Crippen molar-refractivity contribution in [2.45, 2.75) is 19.3 Å². The van der Waals surface area contributed by atoms with E-state index in [0.717, 1.165) is 37.0 Å². The van der Waals surface area contributed by atoms with E-state index in [9.17, 15) is 0 Å². The van der Waals surface area contributed by atoms with Crippen molar-refractivity contribution < 1.29 is 5.11 Å². The molecule has 0 spiro atoms. The average Bonchev–Trinajstić information content (AvgIpc) is 2.47. The first-order valence-electron chi connectivity index (χ1n) is 6.82. The highest BCUT2D eigenvalue weighted by Crippen LogP contribution is 2.22. The van der Waals surface area contributed by atoms with Crippen LogP contribution in [-0.2, 0) is 0 Å². The Morgan fingerprint density at radius 1 is 1.21 bits per heavy atom. The molecule has 1 unspecified atom stereocenters. The lowest BCUT2D eigenvalue weighted by Crippen LogP contribution is -2.37. The summed E-state index contributed by atoms with van der Waals surface area (Å²) < 4.78 is 0. The number of aliphatic hydroxyl groups is 1. The lowest BCUT2D eigenvalue weighted by molar-refractivity contribution is 0.244. The van der Waals surface area contributed by atoms with Gasteiger partial charge in [-0.1, -0.05) is 12.1 Å². The van der Waals surface area contributed by atoms with Gasteiger partial charge in [-0.25, -0.2) is 4.98 Å². The Balaban J connectivity index is 1.83. The van der Waals surface area contributed by atoms with Gasteiger partial charge in [0.1, 0.15) is 5.52 Å². The summed E-state index contributed by atoms with van der Waals surface area (Å²) in [6, 6.07) is 7.79. The molecule has 1 aromatic heterocycles. The van der Waals surface area contributed by atoms with Crippen molar-refractivity contribution in [2.24, 2.45) is 5.92 Å². The Labute approximate surface area is 112 Å². The third-order valence-electron chi connectivity index (χ3n) is 3.69. The smallest absolute Gasteiger partial charge is 0.245 e. The molecule has 3 rings (SSSR count). The minimum Gasteiger partial charge on any atom is -0.396 e. The number of para-hydroxylation sites is 1. The number of piperidine rings is 1. The van der Waals surface area contributed by atoms with Crippen LogP contribution in [0.2, 0.25) is 0 Å². The van der Waals surface area contributed by atoms with Crippen molar-refractivity contribution in [3.05, 3.63) is 24.3 Å². The second-order valence-corrected chi connectivity index (χ2v) is 5.07. The van der Waals surface area contributed by atoms with Crippen LogP contribution in [0.1, 0.15) is 19.3 Å². The van der Waals surface area contributed by atoms with E-state index in [-0.39, 0.29) is 6.61 Å². The van der Waals surface area contributed by atoms with Gasteiger partial charge in [0.05, 0.1) is 5.52 Å². The first-order valence-corrected chi connectivity index (χ1v) is 6.82. The second kappa shape index (κ2) is 5.48. The zero-order chi connectivity index (χ0) is 13.1. The first-order chi connectivity index (χ1) is 9.36. The summed E-state index contributed by atoms with van der Waals surface area (Å²) >= 11 is 0. The predicted octanol–water partition coefficient (Wildman–Crippen LogP) is 1.62. The van der Waals surface area contributed by atoms with Crippen molar-refractivity contribution in [1.29, 1.82) is 0 Å². The topological polar surface area (TPSA) is 62.1 Å². The minimum absolute atomic E-state index is 0.259. The van der Waals surface area contributed by atoms with Crippen LogP contribution in [-0.4, -0.2) is 40.0 Å². The molecule has 5 heteroatoms. The summed E-state index contributed by atoms with van der Waals surface area (Å²) in [7, 11) is 0. The number of anilines is 1. The summed E-state index contributed by atoms with van der Waals surface area (Å²) in [5.41, 5.74) is 1.71. The predicted molar refractivity (Wildman–Crippen MR) is 74.0 cm³/mol. The molecule has 1 fully saturated rings. The number of fused-ring (bicyclic) bond motifs is 1. The standard InChI is InChI=1S/C14H18N4O/c19-9-7-11-4-3-8-18(10-11)14-15-12-5-1-2-6-13(12)16-17-14/h1-2,5-6,11,19H,3-4,7-10H2. The molecule has 0 amide bonds. The Morgan fingerprint density at radius 2 is 2.05 bits per heavy atom. The largest absolute Gasteiger partial charge is 0.396 e. The van der Waals surface area contributed by atoms with Crippen LogP contribution in [0.4, 0.5) is 5.95 Å². The Morgan fingerprint density at radius 3 is 2.89 bits per heavy atom. The van der Waals surface area contributed by atoms with Gasteiger partial charge < -0.3 is 10.0 Å². The van der Waals surface area contributed by atoms with Crippen LogP contribution in [0.3, 0.4) is 0 Å². The van der Waals surface area contributed by atoms with Crippen LogP contribution in [0.15, 0.2) is 24.3 Å². The fourth-order valence-electron chi connectivity index (χ4n) is 2.67. The van der Waals surface area contributed by atoms with E-state index in [1.54, 1.807) is 0 Å². The molecule has 1 aliphatic heterocycles. The van der Waals surface area contributed by atoms with Gasteiger partial charge in [0, 0.05) is 19.7 Å². The number of hydrogen-bond donors (Lipinski definition) is 1. The van der Waals surface area contributed by atoms with Gasteiger partial charge in [-0.05, 0) is 37.3 Å². The van der Waals surface area contributed by atoms with Crippen molar-refractivity contribution in [1.82, 2.24) is 15.2 Å². The number of hydrogen-bond acceptors (Lipinski definition) is 5. The van der Waals surface area contributed by atoms with Crippen molar-refractivity contribution >= 4 is 17.0 Å². The molecule has 19 heavy (non-hydrogen) atoms. The summed E-state index contributed by atoms with van der Waals surface area (Å²) in [5.74, 6) is 1.25. The maximum Gasteiger partial charge on any atom is 0.245 e. The molecule has 1 saturated heterocycles. The van der Waals surface area contributed by atoms with Gasteiger partial charge in [-0.3, -0.25) is 0 Å². The third kappa shape index (κ3) is 2.66. The van der Waals surface area contributed by atoms with Gasteiger partial charge in [0.25, 0.3) is 0 Å². The highest BCUT2D eigenvalue weighted by atomic mass is 16.3. The van der Waals surface area contributed by atoms with E-state index < -0.39 is 0 Å². The van der Waals surface area contributed by atoms with Crippen molar-refractivity contribution in [2.75, 3.05) is 24.6 Å². The molecule has 0 saturated carbocycles. The van der Waals surface area contributed by atoms with Crippen LogP contribution >= 0.6 is 0 Å². The molecule has 1 N–H and O–H groups in total. The molecule has 2 heterocycles. The van der Waals surface area contributed by atoms with Crippen LogP contribution < -0.4 is 4.90 Å². The number of rotatable bonds is 3. The zero-order valence-electron chi connectivity index (χ0n) is 10.9. The first kappa shape index (κ1) is 12.3. The monoisotopic (exact) mass is 258 g/mol. The molecule has 1 aliphatic rings. The third-order valence-corrected chi connectivity index (χ3v) is 3.69. The molecule has 100 valence electrons. The molecule has 0 aliphatic carbocycles. The second-order valence-electron chi connectivity index (χ2n) is 5.07. The Kier molecular flexibility index (Phi) is 3.55. The number of nitrogens with zero attached hydrogens (tertiary/aromatic N) is 4. The fraction of sp³-hybridized carbons (Fsp3) is 0.500. The number of aromatic nitrogens is 3. The quantitative estimate of drug-likeness (QED) is 0.906. The summed E-state index contributed by atoms with van der Waals surface area (Å²) in [6.07, 6.45) is 3.16. The van der Waals surface area contributed by atoms with E-state index in [1.165, 1.54) is 6.42 Å². The van der Waals surface area contributed by atoms with E-state index >= 15 is 0 Å². The van der Waals surface area contributed by atoms with Crippen LogP contribution in [0, 0.1) is 5.92 Å². The minimum atomic E-state index is 0.259. The van der Waals surface area contributed by atoms with Crippen LogP contribution in [0.25, 0.3) is 11.0 Å². The molecular formula is C14H18N4O. The van der Waals surface area contributed by atoms with Crippen molar-refractivity contribution in [3.8, 4) is 0 Å². The molecule has 1 aromatic carbocycles. The normalized spacial score (nSPS) is 19.8. The lowest BCUT2D eigenvalue weighted by Gasteiger charge is -2.32.